The molecule has 3 heterocycles. The molecule has 1 fully saturated rings. The van der Waals surface area contributed by atoms with Crippen LogP contribution in [0.5, 0.6) is 5.75 Å². The lowest BCUT2D eigenvalue weighted by atomic mass is 9.69. The third-order valence-electron chi connectivity index (χ3n) is 8.07. The number of methoxy groups -OCH3 is 1. The largest absolute Gasteiger partial charge is 0.497 e. The Morgan fingerprint density at radius 3 is 2.32 bits per heavy atom. The smallest absolute Gasteiger partial charge is 0.243 e. The van der Waals surface area contributed by atoms with E-state index in [1.807, 2.05) is 29.8 Å². The molecular formula is C26H33N3O6S2. The van der Waals surface area contributed by atoms with Gasteiger partial charge in [0.05, 0.1) is 35.9 Å². The monoisotopic (exact) mass is 547 g/mol. The van der Waals surface area contributed by atoms with E-state index in [0.717, 1.165) is 22.2 Å². The summed E-state index contributed by atoms with van der Waals surface area (Å²) in [6.07, 6.45) is 0.951. The van der Waals surface area contributed by atoms with Crippen LogP contribution in [0.4, 0.5) is 0 Å². The maximum atomic E-state index is 14.0. The number of hydrogen-bond donors (Lipinski definition) is 1. The van der Waals surface area contributed by atoms with Gasteiger partial charge >= 0.3 is 0 Å². The van der Waals surface area contributed by atoms with E-state index in [9.17, 15) is 21.9 Å². The minimum atomic E-state index is -3.95. The first-order valence-corrected chi connectivity index (χ1v) is 15.5. The minimum Gasteiger partial charge on any atom is -0.497 e. The highest BCUT2D eigenvalue weighted by Gasteiger charge is 2.52. The number of sulfonamides is 2. The van der Waals surface area contributed by atoms with Crippen LogP contribution in [-0.4, -0.2) is 74.2 Å². The van der Waals surface area contributed by atoms with Crippen molar-refractivity contribution in [2.45, 2.75) is 36.1 Å². The highest BCUT2D eigenvalue weighted by Crippen LogP contribution is 2.51. The number of aryl methyl sites for hydroxylation is 1. The van der Waals surface area contributed by atoms with Gasteiger partial charge in [-0.05, 0) is 49.6 Å². The van der Waals surface area contributed by atoms with Gasteiger partial charge < -0.3 is 14.4 Å². The van der Waals surface area contributed by atoms with Crippen molar-refractivity contribution in [2.75, 3.05) is 39.1 Å². The Kier molecular flexibility index (Phi) is 6.64. The van der Waals surface area contributed by atoms with Crippen molar-refractivity contribution in [1.82, 2.24) is 13.2 Å². The van der Waals surface area contributed by atoms with Gasteiger partial charge in [-0.3, -0.25) is 0 Å². The van der Waals surface area contributed by atoms with Crippen molar-refractivity contribution in [3.63, 3.8) is 0 Å². The Hall–Kier alpha value is -2.44. The summed E-state index contributed by atoms with van der Waals surface area (Å²) >= 11 is 0. The molecule has 3 aromatic rings. The predicted octanol–water partition coefficient (Wildman–Crippen LogP) is 2.61. The molecule has 1 aromatic heterocycles. The van der Waals surface area contributed by atoms with Gasteiger partial charge in [0.15, 0.2) is 0 Å². The van der Waals surface area contributed by atoms with E-state index >= 15 is 0 Å². The lowest BCUT2D eigenvalue weighted by Gasteiger charge is -2.49. The molecule has 1 atom stereocenters. The average Bonchev–Trinajstić information content (AvgIpc) is 3.22. The Labute approximate surface area is 218 Å². The molecule has 37 heavy (non-hydrogen) atoms. The van der Waals surface area contributed by atoms with Gasteiger partial charge in [-0.2, -0.15) is 4.31 Å². The van der Waals surface area contributed by atoms with Crippen LogP contribution < -0.4 is 4.74 Å². The summed E-state index contributed by atoms with van der Waals surface area (Å²) in [4.78, 5) is 0.165. The Morgan fingerprint density at radius 2 is 1.73 bits per heavy atom. The van der Waals surface area contributed by atoms with Gasteiger partial charge in [0, 0.05) is 49.2 Å². The second-order valence-electron chi connectivity index (χ2n) is 9.84. The molecule has 2 aliphatic rings. The lowest BCUT2D eigenvalue weighted by molar-refractivity contribution is 0.115. The fourth-order valence-corrected chi connectivity index (χ4v) is 8.87. The van der Waals surface area contributed by atoms with Crippen molar-refractivity contribution in [3.05, 3.63) is 59.8 Å². The van der Waals surface area contributed by atoms with Crippen molar-refractivity contribution < 1.29 is 26.7 Å². The average molecular weight is 548 g/mol. The maximum absolute atomic E-state index is 14.0. The normalized spacial score (nSPS) is 20.8. The van der Waals surface area contributed by atoms with E-state index < -0.39 is 31.5 Å². The molecule has 0 unspecified atom stereocenters. The second kappa shape index (κ2) is 9.39. The van der Waals surface area contributed by atoms with Crippen molar-refractivity contribution in [3.8, 4) is 5.75 Å². The predicted molar refractivity (Wildman–Crippen MR) is 142 cm³/mol. The molecule has 9 nitrogen and oxygen atoms in total. The zero-order chi connectivity index (χ0) is 26.6. The van der Waals surface area contributed by atoms with E-state index in [0.29, 0.717) is 31.7 Å². The Morgan fingerprint density at radius 1 is 1.05 bits per heavy atom. The molecule has 1 N–H and O–H groups in total. The SMILES string of the molecule is CCS(=O)(=O)N1CCC2(CC1)CN(S(=O)(=O)c1ccccc1)[C@H](CO)c1c2c2ccc(OC)cc2n1C. The first-order valence-electron chi connectivity index (χ1n) is 12.4. The van der Waals surface area contributed by atoms with Crippen LogP contribution in [0, 0.1) is 0 Å². The summed E-state index contributed by atoms with van der Waals surface area (Å²) in [5.41, 5.74) is 2.00. The fraction of sp³-hybridized carbons (Fsp3) is 0.462. The Bertz CT molecular complexity index is 1530. The summed E-state index contributed by atoms with van der Waals surface area (Å²) in [6, 6.07) is 13.3. The van der Waals surface area contributed by atoms with Crippen LogP contribution in [0.1, 0.15) is 37.1 Å². The number of ether oxygens (including phenoxy) is 1. The third kappa shape index (κ3) is 4.08. The maximum Gasteiger partial charge on any atom is 0.243 e. The number of fused-ring (bicyclic) bond motifs is 4. The number of aliphatic hydroxyl groups is 1. The zero-order valence-electron chi connectivity index (χ0n) is 21.3. The first-order chi connectivity index (χ1) is 17.6. The lowest BCUT2D eigenvalue weighted by Crippen LogP contribution is -2.56. The van der Waals surface area contributed by atoms with Gasteiger partial charge in [0.1, 0.15) is 5.75 Å². The molecule has 2 aliphatic heterocycles. The standard InChI is InChI=1S/C26H33N3O6S2/c1-4-36(31,32)28-14-12-26(13-15-28)18-29(37(33,34)20-8-6-5-7-9-20)23(17-30)25-24(26)21-11-10-19(35-3)16-22(21)27(25)2/h5-11,16,23,30H,4,12-15,17-18H2,1-3H3/t23-/m1/s1. The third-order valence-corrected chi connectivity index (χ3v) is 11.8. The van der Waals surface area contributed by atoms with Crippen LogP contribution in [0.3, 0.4) is 0 Å². The van der Waals surface area contributed by atoms with Crippen molar-refractivity contribution in [2.24, 2.45) is 7.05 Å². The molecule has 1 saturated heterocycles. The van der Waals surface area contributed by atoms with E-state index in [4.69, 9.17) is 4.74 Å². The molecule has 2 aromatic carbocycles. The van der Waals surface area contributed by atoms with E-state index in [1.54, 1.807) is 44.4 Å². The quantitative estimate of drug-likeness (QED) is 0.508. The second-order valence-corrected chi connectivity index (χ2v) is 14.0. The van der Waals surface area contributed by atoms with E-state index in [1.165, 1.54) is 8.61 Å². The van der Waals surface area contributed by atoms with Crippen LogP contribution in [0.2, 0.25) is 0 Å². The summed E-state index contributed by atoms with van der Waals surface area (Å²) in [5, 5.41) is 11.6. The molecule has 0 saturated carbocycles. The number of piperidine rings is 1. The van der Waals surface area contributed by atoms with Gasteiger partial charge in [-0.1, -0.05) is 18.2 Å². The van der Waals surface area contributed by atoms with Crippen LogP contribution in [0.25, 0.3) is 10.9 Å². The van der Waals surface area contributed by atoms with Crippen molar-refractivity contribution in [1.29, 1.82) is 0 Å². The molecule has 0 amide bonds. The fourth-order valence-electron chi connectivity index (χ4n) is 6.08. The van der Waals surface area contributed by atoms with E-state index in [-0.39, 0.29) is 23.8 Å². The number of benzene rings is 2. The highest BCUT2D eigenvalue weighted by atomic mass is 32.2. The van der Waals surface area contributed by atoms with Crippen LogP contribution >= 0.6 is 0 Å². The van der Waals surface area contributed by atoms with Crippen molar-refractivity contribution >= 4 is 30.9 Å². The summed E-state index contributed by atoms with van der Waals surface area (Å²) < 4.78 is 63.5. The highest BCUT2D eigenvalue weighted by molar-refractivity contribution is 7.89. The number of hydrogen-bond acceptors (Lipinski definition) is 6. The summed E-state index contributed by atoms with van der Waals surface area (Å²) in [5.74, 6) is 0.707. The topological polar surface area (TPSA) is 109 Å². The summed E-state index contributed by atoms with van der Waals surface area (Å²) in [7, 11) is -3.83. The molecule has 5 rings (SSSR count). The van der Waals surface area contributed by atoms with Crippen LogP contribution in [0.15, 0.2) is 53.4 Å². The summed E-state index contributed by atoms with van der Waals surface area (Å²) in [6.45, 7) is 2.03. The molecule has 0 radical (unpaired) electrons. The van der Waals surface area contributed by atoms with Crippen LogP contribution in [-0.2, 0) is 32.5 Å². The molecule has 11 heteroatoms. The molecule has 0 bridgehead atoms. The number of aromatic nitrogens is 1. The molecular weight excluding hydrogens is 514 g/mol. The first kappa shape index (κ1) is 26.2. The zero-order valence-corrected chi connectivity index (χ0v) is 22.9. The number of rotatable bonds is 6. The van der Waals surface area contributed by atoms with Gasteiger partial charge in [0.2, 0.25) is 20.0 Å². The Balaban J connectivity index is 1.72. The number of nitrogens with zero attached hydrogens (tertiary/aromatic N) is 3. The molecule has 200 valence electrons. The minimum absolute atomic E-state index is 0.0282. The number of aliphatic hydroxyl groups excluding tert-OH is 1. The van der Waals surface area contributed by atoms with Gasteiger partial charge in [-0.25, -0.2) is 21.1 Å². The molecule has 0 aliphatic carbocycles. The van der Waals surface area contributed by atoms with Gasteiger partial charge in [0.25, 0.3) is 0 Å². The molecule has 1 spiro atoms. The van der Waals surface area contributed by atoms with E-state index in [2.05, 4.69) is 0 Å². The van der Waals surface area contributed by atoms with Gasteiger partial charge in [-0.15, -0.1) is 0 Å².